The maximum absolute atomic E-state index is 5.60. The summed E-state index contributed by atoms with van der Waals surface area (Å²) >= 11 is 7.04. The minimum atomic E-state index is 0.558. The van der Waals surface area contributed by atoms with Crippen molar-refractivity contribution in [3.05, 3.63) is 28.2 Å². The SMILES string of the molecule is C=CCOCc1cnc(Cl)s1. The molecule has 0 bridgehead atoms. The maximum atomic E-state index is 5.60. The molecule has 0 aliphatic rings. The Bertz CT molecular complexity index is 236. The number of hydrogen-bond donors (Lipinski definition) is 0. The smallest absolute Gasteiger partial charge is 0.183 e. The summed E-state index contributed by atoms with van der Waals surface area (Å²) in [6.45, 7) is 4.66. The third kappa shape index (κ3) is 3.01. The Balaban J connectivity index is 2.32. The molecule has 0 N–H and O–H groups in total. The first-order valence-electron chi connectivity index (χ1n) is 3.12. The highest BCUT2D eigenvalue weighted by Gasteiger charge is 1.97. The third-order valence-corrected chi connectivity index (χ3v) is 2.09. The van der Waals surface area contributed by atoms with Gasteiger partial charge in [0.1, 0.15) is 0 Å². The van der Waals surface area contributed by atoms with E-state index in [1.165, 1.54) is 11.3 Å². The van der Waals surface area contributed by atoms with Crippen molar-refractivity contribution in [3.8, 4) is 0 Å². The first kappa shape index (κ1) is 8.71. The van der Waals surface area contributed by atoms with Crippen molar-refractivity contribution in [2.24, 2.45) is 0 Å². The van der Waals surface area contributed by atoms with Gasteiger partial charge in [0.05, 0.1) is 18.1 Å². The van der Waals surface area contributed by atoms with Crippen molar-refractivity contribution < 1.29 is 4.74 Å². The molecule has 11 heavy (non-hydrogen) atoms. The summed E-state index contributed by atoms with van der Waals surface area (Å²) < 4.78 is 5.73. The molecule has 1 heterocycles. The molecular weight excluding hydrogens is 182 g/mol. The summed E-state index contributed by atoms with van der Waals surface area (Å²) in [6, 6.07) is 0. The number of rotatable bonds is 4. The van der Waals surface area contributed by atoms with E-state index in [1.54, 1.807) is 12.3 Å². The molecule has 0 amide bonds. The van der Waals surface area contributed by atoms with Gasteiger partial charge in [-0.05, 0) is 0 Å². The van der Waals surface area contributed by atoms with Gasteiger partial charge in [-0.2, -0.15) is 0 Å². The molecular formula is C7H8ClNOS. The number of hydrogen-bond acceptors (Lipinski definition) is 3. The molecule has 0 aromatic carbocycles. The highest BCUT2D eigenvalue weighted by Crippen LogP contribution is 2.17. The molecule has 0 saturated heterocycles. The molecule has 60 valence electrons. The summed E-state index contributed by atoms with van der Waals surface area (Å²) in [6.07, 6.45) is 3.43. The molecule has 0 fully saturated rings. The van der Waals surface area contributed by atoms with Crippen LogP contribution >= 0.6 is 22.9 Å². The summed E-state index contributed by atoms with van der Waals surface area (Å²) in [5, 5.41) is 0. The van der Waals surface area contributed by atoms with Crippen LogP contribution in [0.4, 0.5) is 0 Å². The van der Waals surface area contributed by atoms with Crippen LogP contribution in [-0.2, 0) is 11.3 Å². The molecule has 0 unspecified atom stereocenters. The van der Waals surface area contributed by atoms with E-state index in [1.807, 2.05) is 0 Å². The highest BCUT2D eigenvalue weighted by molar-refractivity contribution is 7.15. The van der Waals surface area contributed by atoms with Gasteiger partial charge in [0, 0.05) is 6.20 Å². The number of aromatic nitrogens is 1. The number of ether oxygens (including phenoxy) is 1. The molecule has 0 aliphatic carbocycles. The van der Waals surface area contributed by atoms with Gasteiger partial charge in [0.25, 0.3) is 0 Å². The normalized spacial score (nSPS) is 9.91. The standard InChI is InChI=1S/C7H8ClNOS/c1-2-3-10-5-6-4-9-7(8)11-6/h2,4H,1,3,5H2. The van der Waals surface area contributed by atoms with Gasteiger partial charge in [-0.1, -0.05) is 17.7 Å². The van der Waals surface area contributed by atoms with Gasteiger partial charge in [-0.3, -0.25) is 0 Å². The Hall–Kier alpha value is -0.380. The number of halogens is 1. The van der Waals surface area contributed by atoms with E-state index in [4.69, 9.17) is 16.3 Å². The van der Waals surface area contributed by atoms with Gasteiger partial charge >= 0.3 is 0 Å². The molecule has 0 spiro atoms. The van der Waals surface area contributed by atoms with Crippen molar-refractivity contribution in [1.82, 2.24) is 4.98 Å². The highest BCUT2D eigenvalue weighted by atomic mass is 35.5. The minimum absolute atomic E-state index is 0.558. The van der Waals surface area contributed by atoms with Crippen LogP contribution < -0.4 is 0 Å². The van der Waals surface area contributed by atoms with Crippen molar-refractivity contribution in [1.29, 1.82) is 0 Å². The lowest BCUT2D eigenvalue weighted by atomic mass is 10.6. The lowest BCUT2D eigenvalue weighted by Gasteiger charge is -1.94. The fraction of sp³-hybridized carbons (Fsp3) is 0.286. The zero-order valence-electron chi connectivity index (χ0n) is 5.92. The zero-order chi connectivity index (χ0) is 8.10. The van der Waals surface area contributed by atoms with Crippen molar-refractivity contribution in [2.75, 3.05) is 6.61 Å². The summed E-state index contributed by atoms with van der Waals surface area (Å²) in [5.74, 6) is 0. The molecule has 1 aromatic heterocycles. The average molecular weight is 190 g/mol. The second kappa shape index (κ2) is 4.49. The fourth-order valence-electron chi connectivity index (χ4n) is 0.593. The third-order valence-electron chi connectivity index (χ3n) is 1.01. The quantitative estimate of drug-likeness (QED) is 0.537. The monoisotopic (exact) mass is 189 g/mol. The van der Waals surface area contributed by atoms with Gasteiger partial charge in [-0.25, -0.2) is 4.98 Å². The second-order valence-corrected chi connectivity index (χ2v) is 3.58. The van der Waals surface area contributed by atoms with E-state index in [2.05, 4.69) is 11.6 Å². The van der Waals surface area contributed by atoms with Crippen molar-refractivity contribution >= 4 is 22.9 Å². The predicted molar refractivity (Wildman–Crippen MR) is 47.0 cm³/mol. The summed E-state index contributed by atoms with van der Waals surface area (Å²) in [7, 11) is 0. The summed E-state index contributed by atoms with van der Waals surface area (Å²) in [5.41, 5.74) is 0. The van der Waals surface area contributed by atoms with E-state index in [9.17, 15) is 0 Å². The molecule has 0 saturated carbocycles. The van der Waals surface area contributed by atoms with Crippen molar-refractivity contribution in [2.45, 2.75) is 6.61 Å². The Kier molecular flexibility index (Phi) is 3.56. The van der Waals surface area contributed by atoms with Crippen LogP contribution in [0.3, 0.4) is 0 Å². The molecule has 1 aromatic rings. The molecule has 2 nitrogen and oxygen atoms in total. The van der Waals surface area contributed by atoms with Crippen LogP contribution in [-0.4, -0.2) is 11.6 Å². The average Bonchev–Trinajstić information content (AvgIpc) is 2.37. The minimum Gasteiger partial charge on any atom is -0.372 e. The van der Waals surface area contributed by atoms with Crippen LogP contribution in [0.15, 0.2) is 18.9 Å². The Morgan fingerprint density at radius 2 is 2.64 bits per heavy atom. The van der Waals surface area contributed by atoms with E-state index < -0.39 is 0 Å². The second-order valence-electron chi connectivity index (χ2n) is 1.88. The maximum Gasteiger partial charge on any atom is 0.183 e. The lowest BCUT2D eigenvalue weighted by Crippen LogP contribution is -1.88. The van der Waals surface area contributed by atoms with Gasteiger partial charge in [0.15, 0.2) is 4.47 Å². The molecule has 0 aliphatic heterocycles. The van der Waals surface area contributed by atoms with Crippen LogP contribution in [0.2, 0.25) is 4.47 Å². The Morgan fingerprint density at radius 1 is 1.82 bits per heavy atom. The van der Waals surface area contributed by atoms with E-state index in [-0.39, 0.29) is 0 Å². The van der Waals surface area contributed by atoms with E-state index in [0.717, 1.165) is 4.88 Å². The lowest BCUT2D eigenvalue weighted by molar-refractivity contribution is 0.151. The van der Waals surface area contributed by atoms with Crippen molar-refractivity contribution in [3.63, 3.8) is 0 Å². The van der Waals surface area contributed by atoms with Crippen LogP contribution in [0.1, 0.15) is 4.88 Å². The van der Waals surface area contributed by atoms with Gasteiger partial charge in [0.2, 0.25) is 0 Å². The van der Waals surface area contributed by atoms with E-state index >= 15 is 0 Å². The van der Waals surface area contributed by atoms with E-state index in [0.29, 0.717) is 17.7 Å². The molecule has 0 atom stereocenters. The van der Waals surface area contributed by atoms with Gasteiger partial charge in [-0.15, -0.1) is 17.9 Å². The molecule has 4 heteroatoms. The van der Waals surface area contributed by atoms with Crippen LogP contribution in [0, 0.1) is 0 Å². The largest absolute Gasteiger partial charge is 0.372 e. The zero-order valence-corrected chi connectivity index (χ0v) is 7.49. The first-order chi connectivity index (χ1) is 5.33. The van der Waals surface area contributed by atoms with Crippen LogP contribution in [0.25, 0.3) is 0 Å². The fourth-order valence-corrected chi connectivity index (χ4v) is 1.51. The van der Waals surface area contributed by atoms with Crippen LogP contribution in [0.5, 0.6) is 0 Å². The number of thiazole rings is 1. The predicted octanol–water partition coefficient (Wildman–Crippen LogP) is 2.50. The Morgan fingerprint density at radius 3 is 3.18 bits per heavy atom. The first-order valence-corrected chi connectivity index (χ1v) is 4.31. The Labute approximate surface area is 74.5 Å². The summed E-state index contributed by atoms with van der Waals surface area (Å²) in [4.78, 5) is 4.91. The topological polar surface area (TPSA) is 22.1 Å². The van der Waals surface area contributed by atoms with Gasteiger partial charge < -0.3 is 4.74 Å². The number of nitrogens with zero attached hydrogens (tertiary/aromatic N) is 1. The molecule has 1 rings (SSSR count). The molecule has 0 radical (unpaired) electrons.